The van der Waals surface area contributed by atoms with Gasteiger partial charge in [-0.25, -0.2) is 0 Å². The lowest BCUT2D eigenvalue weighted by molar-refractivity contribution is -0.134. The van der Waals surface area contributed by atoms with Crippen LogP contribution in [0.5, 0.6) is 5.75 Å². The van der Waals surface area contributed by atoms with Crippen LogP contribution < -0.4 is 4.74 Å². The second-order valence-corrected chi connectivity index (χ2v) is 4.83. The topological polar surface area (TPSA) is 46.6 Å². The first-order valence-electron chi connectivity index (χ1n) is 6.64. The predicted octanol–water partition coefficient (Wildman–Crippen LogP) is 1.96. The summed E-state index contributed by atoms with van der Waals surface area (Å²) in [6.45, 7) is 3.52. The molecule has 0 aliphatic carbocycles. The number of carbonyl (C=O) groups is 2. The molecule has 2 rings (SSSR count). The van der Waals surface area contributed by atoms with E-state index in [9.17, 15) is 9.59 Å². The molecule has 0 saturated carbocycles. The van der Waals surface area contributed by atoms with E-state index in [1.165, 1.54) is 5.56 Å². The van der Waals surface area contributed by atoms with Crippen molar-refractivity contribution in [1.29, 1.82) is 0 Å². The number of piperidine rings is 1. The molecule has 4 nitrogen and oxygen atoms in total. The molecule has 1 aliphatic heterocycles. The predicted molar refractivity (Wildman–Crippen MR) is 72.1 cm³/mol. The van der Waals surface area contributed by atoms with E-state index in [0.717, 1.165) is 5.75 Å². The molecule has 1 aliphatic rings. The molecule has 1 fully saturated rings. The Labute approximate surface area is 113 Å². The van der Waals surface area contributed by atoms with Crippen LogP contribution in [0.15, 0.2) is 24.3 Å². The minimum Gasteiger partial charge on any atom is -0.493 e. The van der Waals surface area contributed by atoms with Gasteiger partial charge in [0.05, 0.1) is 13.0 Å². The van der Waals surface area contributed by atoms with Crippen molar-refractivity contribution in [2.75, 3.05) is 19.7 Å². The van der Waals surface area contributed by atoms with E-state index < -0.39 is 0 Å². The molecule has 1 saturated heterocycles. The van der Waals surface area contributed by atoms with Crippen molar-refractivity contribution < 1.29 is 14.3 Å². The van der Waals surface area contributed by atoms with Crippen molar-refractivity contribution in [3.63, 3.8) is 0 Å². The molecular formula is C15H19NO3. The number of ether oxygens (including phenoxy) is 1. The molecule has 19 heavy (non-hydrogen) atoms. The Kier molecular flexibility index (Phi) is 4.55. The molecule has 0 spiro atoms. The minimum absolute atomic E-state index is 0.0691. The Morgan fingerprint density at radius 1 is 1.21 bits per heavy atom. The Hall–Kier alpha value is -1.84. The van der Waals surface area contributed by atoms with Crippen molar-refractivity contribution in [3.05, 3.63) is 29.8 Å². The van der Waals surface area contributed by atoms with E-state index >= 15 is 0 Å². The van der Waals surface area contributed by atoms with E-state index in [0.29, 0.717) is 39.0 Å². The number of nitrogens with zero attached hydrogens (tertiary/aromatic N) is 1. The second-order valence-electron chi connectivity index (χ2n) is 4.83. The summed E-state index contributed by atoms with van der Waals surface area (Å²) in [5.41, 5.74) is 1.18. The number of amides is 1. The molecule has 0 aromatic heterocycles. The lowest BCUT2D eigenvalue weighted by Crippen LogP contribution is -2.39. The van der Waals surface area contributed by atoms with Crippen LogP contribution in [0.3, 0.4) is 0 Å². The number of carbonyl (C=O) groups excluding carboxylic acids is 2. The highest BCUT2D eigenvalue weighted by atomic mass is 16.5. The Balaban J connectivity index is 1.72. The van der Waals surface area contributed by atoms with Gasteiger partial charge in [0.1, 0.15) is 11.5 Å². The summed E-state index contributed by atoms with van der Waals surface area (Å²) in [5, 5.41) is 0. The number of benzene rings is 1. The smallest absolute Gasteiger partial charge is 0.226 e. The zero-order valence-corrected chi connectivity index (χ0v) is 11.2. The van der Waals surface area contributed by atoms with E-state index in [4.69, 9.17) is 4.74 Å². The fraction of sp³-hybridized carbons (Fsp3) is 0.467. The fourth-order valence-corrected chi connectivity index (χ4v) is 2.05. The molecule has 1 heterocycles. The van der Waals surface area contributed by atoms with Crippen LogP contribution in [0.4, 0.5) is 0 Å². The lowest BCUT2D eigenvalue weighted by Gasteiger charge is -2.26. The van der Waals surface area contributed by atoms with Crippen molar-refractivity contribution >= 4 is 11.7 Å². The van der Waals surface area contributed by atoms with Crippen LogP contribution in [0, 0.1) is 6.92 Å². The van der Waals surface area contributed by atoms with Gasteiger partial charge in [-0.3, -0.25) is 9.59 Å². The summed E-state index contributed by atoms with van der Waals surface area (Å²) in [6, 6.07) is 7.76. The number of hydrogen-bond donors (Lipinski definition) is 0. The molecular weight excluding hydrogens is 242 g/mol. The van der Waals surface area contributed by atoms with Gasteiger partial charge in [-0.2, -0.15) is 0 Å². The van der Waals surface area contributed by atoms with E-state index in [1.54, 1.807) is 4.90 Å². The normalized spacial score (nSPS) is 15.4. The number of rotatable bonds is 4. The second kappa shape index (κ2) is 6.36. The van der Waals surface area contributed by atoms with Crippen LogP contribution in [-0.4, -0.2) is 36.3 Å². The monoisotopic (exact) mass is 261 g/mol. The third kappa shape index (κ3) is 4.09. The molecule has 4 heteroatoms. The van der Waals surface area contributed by atoms with Crippen molar-refractivity contribution in [2.45, 2.75) is 26.2 Å². The van der Waals surface area contributed by atoms with Gasteiger partial charge in [0, 0.05) is 25.9 Å². The molecule has 0 unspecified atom stereocenters. The van der Waals surface area contributed by atoms with E-state index in [1.807, 2.05) is 31.2 Å². The number of likely N-dealkylation sites (tertiary alicyclic amines) is 1. The van der Waals surface area contributed by atoms with Gasteiger partial charge in [0.2, 0.25) is 5.91 Å². The maximum absolute atomic E-state index is 11.9. The first kappa shape index (κ1) is 13.6. The van der Waals surface area contributed by atoms with Gasteiger partial charge in [-0.15, -0.1) is 0 Å². The summed E-state index contributed by atoms with van der Waals surface area (Å²) in [7, 11) is 0. The number of hydrogen-bond acceptors (Lipinski definition) is 3. The van der Waals surface area contributed by atoms with Gasteiger partial charge in [-0.05, 0) is 19.1 Å². The Morgan fingerprint density at radius 2 is 1.84 bits per heavy atom. The molecule has 0 atom stereocenters. The zero-order chi connectivity index (χ0) is 13.7. The average Bonchev–Trinajstić information content (AvgIpc) is 2.41. The summed E-state index contributed by atoms with van der Waals surface area (Å²) < 4.78 is 5.53. The van der Waals surface area contributed by atoms with Gasteiger partial charge in [0.15, 0.2) is 0 Å². The molecule has 1 amide bonds. The first-order valence-corrected chi connectivity index (χ1v) is 6.64. The minimum atomic E-state index is 0.0691. The highest BCUT2D eigenvalue weighted by Gasteiger charge is 2.20. The van der Waals surface area contributed by atoms with Crippen molar-refractivity contribution in [1.82, 2.24) is 4.90 Å². The third-order valence-corrected chi connectivity index (χ3v) is 3.28. The van der Waals surface area contributed by atoms with Crippen LogP contribution >= 0.6 is 0 Å². The molecule has 102 valence electrons. The van der Waals surface area contributed by atoms with Crippen LogP contribution in [-0.2, 0) is 9.59 Å². The SMILES string of the molecule is Cc1ccc(OCCC(=O)N2CCC(=O)CC2)cc1. The number of Topliss-reactive ketones (excluding diaryl/α,β-unsaturated/α-hetero) is 1. The molecule has 1 aromatic carbocycles. The van der Waals surface area contributed by atoms with Crippen molar-refractivity contribution in [2.24, 2.45) is 0 Å². The van der Waals surface area contributed by atoms with Gasteiger partial charge < -0.3 is 9.64 Å². The molecule has 0 radical (unpaired) electrons. The average molecular weight is 261 g/mol. The Bertz CT molecular complexity index is 443. The summed E-state index contributed by atoms with van der Waals surface area (Å²) in [6.07, 6.45) is 1.34. The summed E-state index contributed by atoms with van der Waals surface area (Å²) in [5.74, 6) is 1.10. The fourth-order valence-electron chi connectivity index (χ4n) is 2.05. The van der Waals surface area contributed by atoms with E-state index in [-0.39, 0.29) is 11.7 Å². The highest BCUT2D eigenvalue weighted by molar-refractivity contribution is 5.83. The highest BCUT2D eigenvalue weighted by Crippen LogP contribution is 2.12. The van der Waals surface area contributed by atoms with Crippen molar-refractivity contribution in [3.8, 4) is 5.75 Å². The number of ketones is 1. The first-order chi connectivity index (χ1) is 9.15. The largest absolute Gasteiger partial charge is 0.493 e. The van der Waals surface area contributed by atoms with Crippen LogP contribution in [0.2, 0.25) is 0 Å². The lowest BCUT2D eigenvalue weighted by atomic mass is 10.1. The number of aryl methyl sites for hydroxylation is 1. The third-order valence-electron chi connectivity index (χ3n) is 3.28. The van der Waals surface area contributed by atoms with Crippen LogP contribution in [0.1, 0.15) is 24.8 Å². The maximum Gasteiger partial charge on any atom is 0.226 e. The van der Waals surface area contributed by atoms with Crippen LogP contribution in [0.25, 0.3) is 0 Å². The van der Waals surface area contributed by atoms with Gasteiger partial charge in [-0.1, -0.05) is 17.7 Å². The van der Waals surface area contributed by atoms with Gasteiger partial charge in [0.25, 0.3) is 0 Å². The standard InChI is InChI=1S/C15H19NO3/c1-12-2-4-14(5-3-12)19-11-8-15(18)16-9-6-13(17)7-10-16/h2-5H,6-11H2,1H3. The van der Waals surface area contributed by atoms with E-state index in [2.05, 4.69) is 0 Å². The Morgan fingerprint density at radius 3 is 2.47 bits per heavy atom. The molecule has 0 N–H and O–H groups in total. The van der Waals surface area contributed by atoms with Gasteiger partial charge >= 0.3 is 0 Å². The maximum atomic E-state index is 11.9. The molecule has 0 bridgehead atoms. The summed E-state index contributed by atoms with van der Waals surface area (Å²) in [4.78, 5) is 24.7. The summed E-state index contributed by atoms with van der Waals surface area (Å²) >= 11 is 0. The molecule has 1 aromatic rings. The quantitative estimate of drug-likeness (QED) is 0.832. The zero-order valence-electron chi connectivity index (χ0n) is 11.2.